The summed E-state index contributed by atoms with van der Waals surface area (Å²) in [4.78, 5) is 25.3. The summed E-state index contributed by atoms with van der Waals surface area (Å²) in [6.07, 6.45) is 0. The number of hydrogen-bond donors (Lipinski definition) is 2. The average Bonchev–Trinajstić information content (AvgIpc) is 3.23. The van der Waals surface area contributed by atoms with Gasteiger partial charge in [0.05, 0.1) is 10.9 Å². The summed E-state index contributed by atoms with van der Waals surface area (Å²) in [5, 5.41) is 7.37. The molecule has 2 aromatic carbocycles. The maximum Gasteiger partial charge on any atom is 0.387 e. The zero-order chi connectivity index (χ0) is 20.8. The fourth-order valence-corrected chi connectivity index (χ4v) is 3.28. The molecule has 0 saturated heterocycles. The first-order valence-electron chi connectivity index (χ1n) is 8.73. The zero-order valence-electron chi connectivity index (χ0n) is 15.4. The molecule has 0 fully saturated rings. The van der Waals surface area contributed by atoms with Crippen LogP contribution in [-0.2, 0) is 0 Å². The molecular formula is C21H18F2N2O3S. The van der Waals surface area contributed by atoms with Crippen LogP contribution < -0.4 is 15.4 Å². The van der Waals surface area contributed by atoms with Crippen LogP contribution in [0.15, 0.2) is 66.0 Å². The molecule has 5 nitrogen and oxygen atoms in total. The number of ether oxygens (including phenoxy) is 1. The molecule has 1 heterocycles. The number of carbonyl (C=O) groups is 2. The largest absolute Gasteiger partial charge is 0.435 e. The first-order valence-corrected chi connectivity index (χ1v) is 9.61. The van der Waals surface area contributed by atoms with Gasteiger partial charge in [0.15, 0.2) is 0 Å². The molecule has 29 heavy (non-hydrogen) atoms. The normalized spacial score (nSPS) is 11.7. The van der Waals surface area contributed by atoms with Crippen molar-refractivity contribution in [3.63, 3.8) is 0 Å². The molecule has 150 valence electrons. The number of amides is 2. The minimum Gasteiger partial charge on any atom is -0.435 e. The van der Waals surface area contributed by atoms with Crippen molar-refractivity contribution in [1.82, 2.24) is 5.32 Å². The zero-order valence-corrected chi connectivity index (χ0v) is 16.2. The molecule has 2 N–H and O–H groups in total. The number of thiophene rings is 1. The number of halogens is 2. The number of rotatable bonds is 7. The Balaban J connectivity index is 1.67. The van der Waals surface area contributed by atoms with Gasteiger partial charge in [-0.1, -0.05) is 24.3 Å². The van der Waals surface area contributed by atoms with Gasteiger partial charge < -0.3 is 15.4 Å². The Kier molecular flexibility index (Phi) is 6.56. The summed E-state index contributed by atoms with van der Waals surface area (Å²) in [5.74, 6) is -0.580. The Morgan fingerprint density at radius 1 is 1.00 bits per heavy atom. The van der Waals surface area contributed by atoms with E-state index in [-0.39, 0.29) is 17.6 Å². The quantitative estimate of drug-likeness (QED) is 0.564. The van der Waals surface area contributed by atoms with Crippen molar-refractivity contribution in [3.05, 3.63) is 82.0 Å². The number of benzene rings is 2. The third-order valence-electron chi connectivity index (χ3n) is 4.06. The highest BCUT2D eigenvalue weighted by Crippen LogP contribution is 2.21. The van der Waals surface area contributed by atoms with Crippen LogP contribution in [0.1, 0.15) is 38.6 Å². The van der Waals surface area contributed by atoms with Crippen LogP contribution in [0.25, 0.3) is 0 Å². The minimum absolute atomic E-state index is 0.0249. The number of alkyl halides is 2. The molecule has 0 bridgehead atoms. The van der Waals surface area contributed by atoms with Crippen molar-refractivity contribution in [3.8, 4) is 5.75 Å². The summed E-state index contributed by atoms with van der Waals surface area (Å²) in [6, 6.07) is 15.8. The first kappa shape index (κ1) is 20.5. The van der Waals surface area contributed by atoms with E-state index in [4.69, 9.17) is 0 Å². The van der Waals surface area contributed by atoms with Gasteiger partial charge in [-0.25, -0.2) is 0 Å². The molecule has 0 saturated carbocycles. The minimum atomic E-state index is -2.91. The van der Waals surface area contributed by atoms with Crippen LogP contribution in [0, 0.1) is 0 Å². The Morgan fingerprint density at radius 3 is 2.52 bits per heavy atom. The summed E-state index contributed by atoms with van der Waals surface area (Å²) >= 11 is 1.32. The van der Waals surface area contributed by atoms with Gasteiger partial charge in [0.25, 0.3) is 11.8 Å². The second kappa shape index (κ2) is 9.29. The Labute approximate surface area is 170 Å². The van der Waals surface area contributed by atoms with Crippen LogP contribution in [0.2, 0.25) is 0 Å². The average molecular weight is 416 g/mol. The SMILES string of the molecule is CC(NC(=O)c1cccc(NC(=O)c2cccs2)c1)c1cccc(OC(F)F)c1. The Bertz CT molecular complexity index is 993. The maximum absolute atomic E-state index is 12.6. The monoisotopic (exact) mass is 416 g/mol. The first-order chi connectivity index (χ1) is 13.9. The van der Waals surface area contributed by atoms with Gasteiger partial charge in [0.1, 0.15) is 5.75 Å². The molecule has 1 unspecified atom stereocenters. The van der Waals surface area contributed by atoms with E-state index in [1.165, 1.54) is 23.5 Å². The lowest BCUT2D eigenvalue weighted by Crippen LogP contribution is -2.26. The van der Waals surface area contributed by atoms with Crippen molar-refractivity contribution < 1.29 is 23.1 Å². The highest BCUT2D eigenvalue weighted by atomic mass is 32.1. The van der Waals surface area contributed by atoms with Crippen LogP contribution in [0.5, 0.6) is 5.75 Å². The standard InChI is InChI=1S/C21H18F2N2O3S/c1-13(14-5-3-8-17(12-14)28-21(22)23)24-19(26)15-6-2-7-16(11-15)25-20(27)18-9-4-10-29-18/h2-13,21H,1H3,(H,24,26)(H,25,27). The van der Waals surface area contributed by atoms with Gasteiger partial charge in [-0.05, 0) is 54.3 Å². The second-order valence-corrected chi connectivity index (χ2v) is 7.11. The van der Waals surface area contributed by atoms with E-state index in [9.17, 15) is 18.4 Å². The van der Waals surface area contributed by atoms with Gasteiger partial charge in [-0.3, -0.25) is 9.59 Å². The van der Waals surface area contributed by atoms with Gasteiger partial charge >= 0.3 is 6.61 Å². The third kappa shape index (κ3) is 5.61. The predicted octanol–water partition coefficient (Wildman–Crippen LogP) is 5.09. The highest BCUT2D eigenvalue weighted by Gasteiger charge is 2.14. The molecular weight excluding hydrogens is 398 g/mol. The maximum atomic E-state index is 12.6. The summed E-state index contributed by atoms with van der Waals surface area (Å²) in [5.41, 5.74) is 1.48. The van der Waals surface area contributed by atoms with Crippen LogP contribution in [0.3, 0.4) is 0 Å². The van der Waals surface area contributed by atoms with Crippen LogP contribution >= 0.6 is 11.3 Å². The molecule has 0 spiro atoms. The number of carbonyl (C=O) groups excluding carboxylic acids is 2. The Morgan fingerprint density at radius 2 is 1.79 bits per heavy atom. The van der Waals surface area contributed by atoms with Crippen LogP contribution in [0.4, 0.5) is 14.5 Å². The number of hydrogen-bond acceptors (Lipinski definition) is 4. The number of anilines is 1. The van der Waals surface area contributed by atoms with E-state index in [1.54, 1.807) is 55.5 Å². The smallest absolute Gasteiger partial charge is 0.387 e. The van der Waals surface area contributed by atoms with Crippen molar-refractivity contribution >= 4 is 28.8 Å². The molecule has 1 atom stereocenters. The molecule has 1 aromatic heterocycles. The molecule has 8 heteroatoms. The fourth-order valence-electron chi connectivity index (χ4n) is 2.66. The summed E-state index contributed by atoms with van der Waals surface area (Å²) in [6.45, 7) is -1.18. The van der Waals surface area contributed by atoms with E-state index in [1.807, 2.05) is 5.38 Å². The van der Waals surface area contributed by atoms with E-state index < -0.39 is 12.7 Å². The van der Waals surface area contributed by atoms with Crippen molar-refractivity contribution in [2.45, 2.75) is 19.6 Å². The van der Waals surface area contributed by atoms with Gasteiger partial charge in [0.2, 0.25) is 0 Å². The van der Waals surface area contributed by atoms with Crippen molar-refractivity contribution in [2.75, 3.05) is 5.32 Å². The van der Waals surface area contributed by atoms with Gasteiger partial charge in [-0.15, -0.1) is 11.3 Å². The van der Waals surface area contributed by atoms with E-state index in [2.05, 4.69) is 15.4 Å². The number of nitrogens with one attached hydrogen (secondary N) is 2. The molecule has 0 aliphatic carbocycles. The molecule has 0 radical (unpaired) electrons. The molecule has 3 aromatic rings. The predicted molar refractivity (Wildman–Crippen MR) is 108 cm³/mol. The second-order valence-electron chi connectivity index (χ2n) is 6.16. The lowest BCUT2D eigenvalue weighted by molar-refractivity contribution is -0.0499. The lowest BCUT2D eigenvalue weighted by Gasteiger charge is -2.16. The summed E-state index contributed by atoms with van der Waals surface area (Å²) < 4.78 is 29.2. The van der Waals surface area contributed by atoms with E-state index in [0.717, 1.165) is 0 Å². The van der Waals surface area contributed by atoms with Gasteiger partial charge in [-0.2, -0.15) is 8.78 Å². The molecule has 0 aliphatic heterocycles. The molecule has 3 rings (SSSR count). The van der Waals surface area contributed by atoms with Gasteiger partial charge in [0, 0.05) is 11.3 Å². The van der Waals surface area contributed by atoms with Crippen LogP contribution in [-0.4, -0.2) is 18.4 Å². The van der Waals surface area contributed by atoms with E-state index >= 15 is 0 Å². The molecule has 2 amide bonds. The summed E-state index contributed by atoms with van der Waals surface area (Å²) in [7, 11) is 0. The van der Waals surface area contributed by atoms with Crippen molar-refractivity contribution in [1.29, 1.82) is 0 Å². The Hall–Kier alpha value is -3.26. The highest BCUT2D eigenvalue weighted by molar-refractivity contribution is 7.12. The van der Waals surface area contributed by atoms with Crippen molar-refractivity contribution in [2.24, 2.45) is 0 Å². The lowest BCUT2D eigenvalue weighted by atomic mass is 10.1. The third-order valence-corrected chi connectivity index (χ3v) is 4.93. The molecule has 0 aliphatic rings. The fraction of sp³-hybridized carbons (Fsp3) is 0.143. The van der Waals surface area contributed by atoms with E-state index in [0.29, 0.717) is 21.7 Å². The topological polar surface area (TPSA) is 67.4 Å².